The fraction of sp³-hybridized carbons (Fsp3) is 0.588. The van der Waals surface area contributed by atoms with Gasteiger partial charge in [-0.3, -0.25) is 9.59 Å². The van der Waals surface area contributed by atoms with Gasteiger partial charge in [0.15, 0.2) is 0 Å². The monoisotopic (exact) mass is 348 g/mol. The van der Waals surface area contributed by atoms with Crippen LogP contribution in [0, 0.1) is 0 Å². The lowest BCUT2D eigenvalue weighted by molar-refractivity contribution is -0.124. The standard InChI is InChI=1S/C17H24N4O4/c1-3-21-10-14-13(17(21)23)6-11(16(20-14)24-2)8-19-15(22)7-12-9-18-4-5-25-12/h6,12,18H,3-5,7-10H2,1-2H3,(H,19,22)/t12-/m1/s1. The number of carbonyl (C=O) groups excluding carboxylic acids is 2. The highest BCUT2D eigenvalue weighted by atomic mass is 16.5. The van der Waals surface area contributed by atoms with Gasteiger partial charge in [0.25, 0.3) is 5.91 Å². The Morgan fingerprint density at radius 3 is 3.08 bits per heavy atom. The Labute approximate surface area is 146 Å². The molecule has 0 aliphatic carbocycles. The Morgan fingerprint density at radius 1 is 1.56 bits per heavy atom. The molecule has 1 saturated heterocycles. The van der Waals surface area contributed by atoms with Crippen LogP contribution in [0.1, 0.15) is 35.0 Å². The van der Waals surface area contributed by atoms with Gasteiger partial charge in [-0.15, -0.1) is 0 Å². The Balaban J connectivity index is 1.65. The second kappa shape index (κ2) is 7.79. The highest BCUT2D eigenvalue weighted by Crippen LogP contribution is 2.26. The number of aromatic nitrogens is 1. The van der Waals surface area contributed by atoms with Crippen molar-refractivity contribution >= 4 is 11.8 Å². The number of fused-ring (bicyclic) bond motifs is 1. The van der Waals surface area contributed by atoms with Crippen LogP contribution < -0.4 is 15.4 Å². The molecule has 2 aliphatic heterocycles. The number of morpholine rings is 1. The average Bonchev–Trinajstić information content (AvgIpc) is 2.95. The zero-order valence-electron chi connectivity index (χ0n) is 14.6. The summed E-state index contributed by atoms with van der Waals surface area (Å²) in [4.78, 5) is 30.6. The second-order valence-electron chi connectivity index (χ2n) is 6.15. The van der Waals surface area contributed by atoms with Crippen molar-refractivity contribution < 1.29 is 19.1 Å². The van der Waals surface area contributed by atoms with Crippen LogP contribution >= 0.6 is 0 Å². The van der Waals surface area contributed by atoms with E-state index in [9.17, 15) is 9.59 Å². The summed E-state index contributed by atoms with van der Waals surface area (Å²) in [6.07, 6.45) is 0.199. The maximum Gasteiger partial charge on any atom is 0.256 e. The van der Waals surface area contributed by atoms with Crippen LogP contribution in [0.4, 0.5) is 0 Å². The number of nitrogens with one attached hydrogen (secondary N) is 2. The van der Waals surface area contributed by atoms with Crippen molar-refractivity contribution in [3.8, 4) is 5.88 Å². The van der Waals surface area contributed by atoms with Gasteiger partial charge in [0.05, 0.1) is 44.0 Å². The first-order valence-electron chi connectivity index (χ1n) is 8.57. The van der Waals surface area contributed by atoms with Crippen LogP contribution in [-0.4, -0.2) is 61.2 Å². The molecule has 0 unspecified atom stereocenters. The number of hydrogen-bond acceptors (Lipinski definition) is 6. The molecule has 1 fully saturated rings. The molecule has 2 amide bonds. The van der Waals surface area contributed by atoms with Crippen molar-refractivity contribution in [2.45, 2.75) is 32.5 Å². The predicted octanol–water partition coefficient (Wildman–Crippen LogP) is 0.0606. The maximum atomic E-state index is 12.3. The van der Waals surface area contributed by atoms with Crippen LogP contribution in [0.3, 0.4) is 0 Å². The highest BCUT2D eigenvalue weighted by Gasteiger charge is 2.29. The van der Waals surface area contributed by atoms with Crippen molar-refractivity contribution in [2.24, 2.45) is 0 Å². The molecular weight excluding hydrogens is 324 g/mol. The molecular formula is C17H24N4O4. The SMILES string of the molecule is CCN1Cc2nc(OC)c(CNC(=O)C[C@@H]3CNCCO3)cc2C1=O. The van der Waals surface area contributed by atoms with Gasteiger partial charge in [-0.2, -0.15) is 0 Å². The Morgan fingerprint density at radius 2 is 2.40 bits per heavy atom. The number of amides is 2. The molecule has 0 aromatic carbocycles. The Kier molecular flexibility index (Phi) is 5.50. The number of ether oxygens (including phenoxy) is 2. The molecule has 3 heterocycles. The van der Waals surface area contributed by atoms with Gasteiger partial charge < -0.3 is 25.0 Å². The number of nitrogens with zero attached hydrogens (tertiary/aromatic N) is 2. The van der Waals surface area contributed by atoms with E-state index >= 15 is 0 Å². The fourth-order valence-corrected chi connectivity index (χ4v) is 3.08. The topological polar surface area (TPSA) is 92.8 Å². The van der Waals surface area contributed by atoms with E-state index in [4.69, 9.17) is 9.47 Å². The van der Waals surface area contributed by atoms with Gasteiger partial charge in [0.1, 0.15) is 0 Å². The van der Waals surface area contributed by atoms with Gasteiger partial charge in [-0.1, -0.05) is 0 Å². The summed E-state index contributed by atoms with van der Waals surface area (Å²) in [5, 5.41) is 6.06. The Hall–Kier alpha value is -2.19. The quantitative estimate of drug-likeness (QED) is 0.755. The smallest absolute Gasteiger partial charge is 0.256 e. The van der Waals surface area contributed by atoms with Crippen LogP contribution in [0.15, 0.2) is 6.07 Å². The molecule has 0 spiro atoms. The van der Waals surface area contributed by atoms with E-state index in [0.29, 0.717) is 49.7 Å². The third-order valence-electron chi connectivity index (χ3n) is 4.47. The van der Waals surface area contributed by atoms with Crippen LogP contribution in [-0.2, 0) is 22.6 Å². The summed E-state index contributed by atoms with van der Waals surface area (Å²) in [7, 11) is 1.54. The van der Waals surface area contributed by atoms with Crippen molar-refractivity contribution in [3.05, 3.63) is 22.9 Å². The van der Waals surface area contributed by atoms with Gasteiger partial charge in [-0.05, 0) is 13.0 Å². The zero-order valence-corrected chi connectivity index (χ0v) is 14.6. The van der Waals surface area contributed by atoms with E-state index < -0.39 is 0 Å². The third-order valence-corrected chi connectivity index (χ3v) is 4.47. The van der Waals surface area contributed by atoms with Crippen LogP contribution in [0.25, 0.3) is 0 Å². The summed E-state index contributed by atoms with van der Waals surface area (Å²) < 4.78 is 10.9. The van der Waals surface area contributed by atoms with E-state index in [0.717, 1.165) is 12.2 Å². The number of rotatable bonds is 6. The molecule has 0 saturated carbocycles. The third kappa shape index (κ3) is 3.91. The molecule has 3 rings (SSSR count). The number of hydrogen-bond donors (Lipinski definition) is 2. The molecule has 0 bridgehead atoms. The second-order valence-corrected chi connectivity index (χ2v) is 6.15. The first-order chi connectivity index (χ1) is 12.1. The maximum absolute atomic E-state index is 12.3. The lowest BCUT2D eigenvalue weighted by atomic mass is 10.1. The van der Waals surface area contributed by atoms with Crippen molar-refractivity contribution in [1.82, 2.24) is 20.5 Å². The van der Waals surface area contributed by atoms with E-state index in [1.165, 1.54) is 7.11 Å². The molecule has 8 nitrogen and oxygen atoms in total. The fourth-order valence-electron chi connectivity index (χ4n) is 3.08. The normalized spacial score (nSPS) is 19.7. The molecule has 25 heavy (non-hydrogen) atoms. The minimum Gasteiger partial charge on any atom is -0.481 e. The zero-order chi connectivity index (χ0) is 17.8. The molecule has 2 N–H and O–H groups in total. The lowest BCUT2D eigenvalue weighted by Gasteiger charge is -2.23. The van der Waals surface area contributed by atoms with Crippen molar-refractivity contribution in [2.75, 3.05) is 33.4 Å². The van der Waals surface area contributed by atoms with E-state index in [2.05, 4.69) is 15.6 Å². The van der Waals surface area contributed by atoms with Gasteiger partial charge >= 0.3 is 0 Å². The first kappa shape index (κ1) is 17.6. The molecule has 8 heteroatoms. The first-order valence-corrected chi connectivity index (χ1v) is 8.57. The number of carbonyl (C=O) groups is 2. The number of methoxy groups -OCH3 is 1. The van der Waals surface area contributed by atoms with Crippen LogP contribution in [0.2, 0.25) is 0 Å². The average molecular weight is 348 g/mol. The van der Waals surface area contributed by atoms with Crippen molar-refractivity contribution in [3.63, 3.8) is 0 Å². The predicted molar refractivity (Wildman–Crippen MR) is 90.3 cm³/mol. The summed E-state index contributed by atoms with van der Waals surface area (Å²) in [5.74, 6) is 0.319. The summed E-state index contributed by atoms with van der Waals surface area (Å²) in [6, 6.07) is 1.78. The highest BCUT2D eigenvalue weighted by molar-refractivity contribution is 5.98. The molecule has 1 aromatic heterocycles. The molecule has 2 aliphatic rings. The molecule has 0 radical (unpaired) electrons. The number of pyridine rings is 1. The summed E-state index contributed by atoms with van der Waals surface area (Å²) >= 11 is 0. The van der Waals surface area contributed by atoms with E-state index in [1.54, 1.807) is 11.0 Å². The van der Waals surface area contributed by atoms with Crippen molar-refractivity contribution in [1.29, 1.82) is 0 Å². The van der Waals surface area contributed by atoms with Crippen LogP contribution in [0.5, 0.6) is 5.88 Å². The van der Waals surface area contributed by atoms with Gasteiger partial charge in [0, 0.05) is 31.7 Å². The largest absolute Gasteiger partial charge is 0.481 e. The summed E-state index contributed by atoms with van der Waals surface area (Å²) in [5.41, 5.74) is 2.01. The van der Waals surface area contributed by atoms with Gasteiger partial charge in [-0.25, -0.2) is 4.98 Å². The van der Waals surface area contributed by atoms with E-state index in [-0.39, 0.29) is 24.5 Å². The molecule has 1 atom stereocenters. The van der Waals surface area contributed by atoms with Gasteiger partial charge in [0.2, 0.25) is 11.8 Å². The molecule has 136 valence electrons. The summed E-state index contributed by atoms with van der Waals surface area (Å²) in [6.45, 7) is 5.46. The minimum atomic E-state index is -0.103. The molecule has 1 aromatic rings. The Bertz CT molecular complexity index is 658. The lowest BCUT2D eigenvalue weighted by Crippen LogP contribution is -2.41. The van der Waals surface area contributed by atoms with E-state index in [1.807, 2.05) is 6.92 Å². The minimum absolute atomic E-state index is 0.0260.